The van der Waals surface area contributed by atoms with E-state index in [-0.39, 0.29) is 0 Å². The molecule has 3 N–H and O–H groups in total. The van der Waals surface area contributed by atoms with Crippen molar-refractivity contribution in [3.05, 3.63) is 115 Å². The van der Waals surface area contributed by atoms with E-state index in [9.17, 15) is 0 Å². The molecule has 4 heterocycles. The van der Waals surface area contributed by atoms with Crippen molar-refractivity contribution >= 4 is 22.7 Å². The third-order valence-electron chi connectivity index (χ3n) is 6.22. The zero-order chi connectivity index (χ0) is 25.9. The predicted molar refractivity (Wildman–Crippen MR) is 148 cm³/mol. The molecule has 0 bridgehead atoms. The maximum absolute atomic E-state index is 8.93. The van der Waals surface area contributed by atoms with Gasteiger partial charge in [0.1, 0.15) is 23.1 Å². The van der Waals surface area contributed by atoms with Gasteiger partial charge in [-0.25, -0.2) is 19.9 Å². The summed E-state index contributed by atoms with van der Waals surface area (Å²) in [6.07, 6.45) is 3.33. The van der Waals surface area contributed by atoms with E-state index in [2.05, 4.69) is 27.4 Å². The van der Waals surface area contributed by atoms with Crippen molar-refractivity contribution in [3.8, 4) is 34.4 Å². The lowest BCUT2D eigenvalue weighted by molar-refractivity contribution is 1.06. The Bertz CT molecular complexity index is 1770. The van der Waals surface area contributed by atoms with Crippen LogP contribution < -0.4 is 11.1 Å². The van der Waals surface area contributed by atoms with Gasteiger partial charge >= 0.3 is 0 Å². The normalized spacial score (nSPS) is 10.8. The first kappa shape index (κ1) is 22.9. The number of nitriles is 1. The molecule has 6 aromatic rings. The number of benzene rings is 2. The fourth-order valence-electron chi connectivity index (χ4n) is 4.29. The van der Waals surface area contributed by atoms with Crippen LogP contribution in [0.25, 0.3) is 39.5 Å². The first-order chi connectivity index (χ1) is 18.7. The molecule has 0 amide bonds. The van der Waals surface area contributed by atoms with Gasteiger partial charge in [0.15, 0.2) is 11.5 Å². The maximum Gasteiger partial charge on any atom is 0.165 e. The van der Waals surface area contributed by atoms with E-state index in [4.69, 9.17) is 21.0 Å². The Morgan fingerprint density at radius 3 is 2.42 bits per heavy atom. The van der Waals surface area contributed by atoms with Crippen molar-refractivity contribution in [3.63, 3.8) is 0 Å². The van der Waals surface area contributed by atoms with Crippen LogP contribution in [0.15, 0.2) is 103 Å². The van der Waals surface area contributed by atoms with E-state index in [1.807, 2.05) is 83.4 Å². The molecule has 0 aliphatic rings. The van der Waals surface area contributed by atoms with Crippen LogP contribution in [0.1, 0.15) is 11.3 Å². The second kappa shape index (κ2) is 9.84. The SMILES string of the molecule is N#Cc1ccc(NCc2ccc(-n3c(-c4cccnc4N)nc4ccc(-c5ccccc5)nc43)cc2)cn1. The average Bonchev–Trinajstić information content (AvgIpc) is 3.36. The number of nitrogens with two attached hydrogens (primary N) is 1. The topological polar surface area (TPSA) is 118 Å². The van der Waals surface area contributed by atoms with Crippen LogP contribution >= 0.6 is 0 Å². The molecule has 0 radical (unpaired) electrons. The number of anilines is 2. The van der Waals surface area contributed by atoms with Crippen LogP contribution in [0.4, 0.5) is 11.5 Å². The van der Waals surface area contributed by atoms with Gasteiger partial charge in [0, 0.05) is 24.0 Å². The summed E-state index contributed by atoms with van der Waals surface area (Å²) in [5.41, 5.74) is 13.6. The number of hydrogen-bond donors (Lipinski definition) is 2. The quantitative estimate of drug-likeness (QED) is 0.309. The highest BCUT2D eigenvalue weighted by Crippen LogP contribution is 2.31. The predicted octanol–water partition coefficient (Wildman–Crippen LogP) is 5.61. The van der Waals surface area contributed by atoms with Crippen molar-refractivity contribution in [1.82, 2.24) is 24.5 Å². The van der Waals surface area contributed by atoms with E-state index in [0.717, 1.165) is 44.9 Å². The van der Waals surface area contributed by atoms with E-state index < -0.39 is 0 Å². The molecule has 0 fully saturated rings. The number of nitrogens with one attached hydrogen (secondary N) is 1. The molecular weight excluding hydrogens is 472 g/mol. The largest absolute Gasteiger partial charge is 0.383 e. The number of nitrogens with zero attached hydrogens (tertiary/aromatic N) is 6. The molecule has 6 rings (SSSR count). The zero-order valence-electron chi connectivity index (χ0n) is 20.3. The van der Waals surface area contributed by atoms with Crippen molar-refractivity contribution in [2.75, 3.05) is 11.1 Å². The number of imidazole rings is 1. The fourth-order valence-corrected chi connectivity index (χ4v) is 4.29. The van der Waals surface area contributed by atoms with Crippen LogP contribution in [0.3, 0.4) is 0 Å². The highest BCUT2D eigenvalue weighted by molar-refractivity contribution is 5.84. The number of pyridine rings is 3. The molecular formula is C30H22N8. The maximum atomic E-state index is 8.93. The van der Waals surface area contributed by atoms with Crippen molar-refractivity contribution in [2.45, 2.75) is 6.54 Å². The van der Waals surface area contributed by atoms with Crippen LogP contribution in [0.2, 0.25) is 0 Å². The Kier molecular flexibility index (Phi) is 5.92. The average molecular weight is 495 g/mol. The van der Waals surface area contributed by atoms with Gasteiger partial charge in [-0.15, -0.1) is 0 Å². The third kappa shape index (κ3) is 4.40. The van der Waals surface area contributed by atoms with Crippen molar-refractivity contribution in [1.29, 1.82) is 5.26 Å². The number of aromatic nitrogens is 5. The van der Waals surface area contributed by atoms with Crippen molar-refractivity contribution < 1.29 is 0 Å². The van der Waals surface area contributed by atoms with Gasteiger partial charge in [0.2, 0.25) is 0 Å². The van der Waals surface area contributed by atoms with Gasteiger partial charge in [-0.2, -0.15) is 5.26 Å². The standard InChI is InChI=1S/C30H22N8/c31-17-22-10-11-23(19-35-22)34-18-20-8-12-24(13-9-20)38-29(25-7-4-16-33-28(25)32)37-27-15-14-26(36-30(27)38)21-5-2-1-3-6-21/h1-16,19,34H,18H2,(H2,32,33). The Morgan fingerprint density at radius 2 is 1.68 bits per heavy atom. The Balaban J connectivity index is 1.40. The van der Waals surface area contributed by atoms with Gasteiger partial charge in [0.05, 0.1) is 23.1 Å². The van der Waals surface area contributed by atoms with E-state index in [1.165, 1.54) is 0 Å². The first-order valence-electron chi connectivity index (χ1n) is 12.0. The van der Waals surface area contributed by atoms with Crippen molar-refractivity contribution in [2.24, 2.45) is 0 Å². The molecule has 182 valence electrons. The monoisotopic (exact) mass is 494 g/mol. The summed E-state index contributed by atoms with van der Waals surface area (Å²) >= 11 is 0. The Morgan fingerprint density at radius 1 is 0.842 bits per heavy atom. The molecule has 8 nitrogen and oxygen atoms in total. The minimum absolute atomic E-state index is 0.390. The Hall–Kier alpha value is -5.55. The summed E-state index contributed by atoms with van der Waals surface area (Å²) < 4.78 is 2.02. The molecule has 4 aromatic heterocycles. The first-order valence-corrected chi connectivity index (χ1v) is 12.0. The molecule has 0 atom stereocenters. The van der Waals surface area contributed by atoms with Gasteiger partial charge < -0.3 is 11.1 Å². The highest BCUT2D eigenvalue weighted by atomic mass is 15.1. The molecule has 38 heavy (non-hydrogen) atoms. The second-order valence-electron chi connectivity index (χ2n) is 8.68. The van der Waals surface area contributed by atoms with Gasteiger partial charge in [0.25, 0.3) is 0 Å². The van der Waals surface area contributed by atoms with Gasteiger partial charge in [-0.1, -0.05) is 42.5 Å². The second-order valence-corrected chi connectivity index (χ2v) is 8.68. The lowest BCUT2D eigenvalue weighted by Crippen LogP contribution is -2.03. The minimum Gasteiger partial charge on any atom is -0.383 e. The van der Waals surface area contributed by atoms with Gasteiger partial charge in [-0.05, 0) is 54.1 Å². The lowest BCUT2D eigenvalue weighted by atomic mass is 10.1. The molecule has 0 saturated carbocycles. The molecule has 0 unspecified atom stereocenters. The summed E-state index contributed by atoms with van der Waals surface area (Å²) in [6, 6.07) is 31.6. The third-order valence-corrected chi connectivity index (χ3v) is 6.22. The summed E-state index contributed by atoms with van der Waals surface area (Å²) in [6.45, 7) is 0.608. The molecule has 2 aromatic carbocycles. The van der Waals surface area contributed by atoms with E-state index >= 15 is 0 Å². The molecule has 8 heteroatoms. The van der Waals surface area contributed by atoms with Crippen LogP contribution in [0, 0.1) is 11.3 Å². The summed E-state index contributed by atoms with van der Waals surface area (Å²) in [4.78, 5) is 18.3. The molecule has 0 saturated heterocycles. The number of nitrogen functional groups attached to an aromatic ring is 1. The smallest absolute Gasteiger partial charge is 0.165 e. The summed E-state index contributed by atoms with van der Waals surface area (Å²) in [5.74, 6) is 1.09. The molecule has 0 aliphatic carbocycles. The van der Waals surface area contributed by atoms with Crippen LogP contribution in [0.5, 0.6) is 0 Å². The van der Waals surface area contributed by atoms with E-state index in [1.54, 1.807) is 18.5 Å². The fraction of sp³-hybridized carbons (Fsp3) is 0.0333. The van der Waals surface area contributed by atoms with Gasteiger partial charge in [-0.3, -0.25) is 4.57 Å². The van der Waals surface area contributed by atoms with Crippen LogP contribution in [-0.4, -0.2) is 24.5 Å². The number of hydrogen-bond acceptors (Lipinski definition) is 7. The minimum atomic E-state index is 0.390. The highest BCUT2D eigenvalue weighted by Gasteiger charge is 2.18. The zero-order valence-corrected chi connectivity index (χ0v) is 20.3. The summed E-state index contributed by atoms with van der Waals surface area (Å²) in [5, 5.41) is 12.3. The lowest BCUT2D eigenvalue weighted by Gasteiger charge is -2.12. The Labute approximate surface area is 219 Å². The summed E-state index contributed by atoms with van der Waals surface area (Å²) in [7, 11) is 0. The van der Waals surface area contributed by atoms with Crippen LogP contribution in [-0.2, 0) is 6.54 Å². The molecule has 0 spiro atoms. The number of fused-ring (bicyclic) bond motifs is 1. The molecule has 0 aliphatic heterocycles. The van der Waals surface area contributed by atoms with E-state index in [0.29, 0.717) is 23.9 Å². The number of rotatable bonds is 6.